The lowest BCUT2D eigenvalue weighted by molar-refractivity contribution is -0.148. The summed E-state index contributed by atoms with van der Waals surface area (Å²) in [5, 5.41) is 15.8. The summed E-state index contributed by atoms with van der Waals surface area (Å²) in [6.45, 7) is -0.828. The molecule has 0 unspecified atom stereocenters. The van der Waals surface area contributed by atoms with Gasteiger partial charge in [-0.15, -0.1) is 21.5 Å². The van der Waals surface area contributed by atoms with Crippen molar-refractivity contribution in [1.29, 1.82) is 0 Å². The third-order valence-electron chi connectivity index (χ3n) is 2.98. The topological polar surface area (TPSA) is 99.0 Å². The van der Waals surface area contributed by atoms with E-state index in [1.54, 1.807) is 6.07 Å². The van der Waals surface area contributed by atoms with Crippen LogP contribution in [0.2, 0.25) is 0 Å². The van der Waals surface area contributed by atoms with Crippen molar-refractivity contribution in [3.63, 3.8) is 0 Å². The molecule has 0 saturated carbocycles. The smallest absolute Gasteiger partial charge is 0.330 e. The van der Waals surface area contributed by atoms with Gasteiger partial charge in [-0.3, -0.25) is 4.79 Å². The Morgan fingerprint density at radius 3 is 2.84 bits per heavy atom. The zero-order valence-electron chi connectivity index (χ0n) is 12.8. The number of rotatable bonds is 6. The molecule has 8 nitrogen and oxygen atoms in total. The fraction of sp³-hybridized carbons (Fsp3) is 0.133. The Morgan fingerprint density at radius 1 is 1.24 bits per heavy atom. The lowest BCUT2D eigenvalue weighted by Gasteiger charge is -2.06. The van der Waals surface area contributed by atoms with Crippen LogP contribution in [-0.2, 0) is 20.9 Å². The molecule has 128 valence electrons. The standard InChI is InChI=1S/C15H12FN5O3S/c16-10-4-1-2-5-11(10)17-13(22)9-24-14(23)8-21-19-15(18-20-21)12-6-3-7-25-12/h1-7H,8-9H2,(H,17,22). The number of para-hydroxylation sites is 1. The number of anilines is 1. The molecule has 3 rings (SSSR count). The first-order valence-corrected chi connectivity index (χ1v) is 8.01. The summed E-state index contributed by atoms with van der Waals surface area (Å²) >= 11 is 1.45. The number of esters is 1. The predicted molar refractivity (Wildman–Crippen MR) is 87.1 cm³/mol. The maximum atomic E-state index is 13.4. The van der Waals surface area contributed by atoms with Crippen LogP contribution in [0.5, 0.6) is 0 Å². The molecule has 0 spiro atoms. The Kier molecular flexibility index (Phi) is 5.09. The van der Waals surface area contributed by atoms with Crippen LogP contribution in [-0.4, -0.2) is 38.7 Å². The van der Waals surface area contributed by atoms with E-state index in [1.807, 2.05) is 17.5 Å². The third kappa shape index (κ3) is 4.44. The highest BCUT2D eigenvalue weighted by atomic mass is 32.1. The Hall–Kier alpha value is -3.14. The fourth-order valence-corrected chi connectivity index (χ4v) is 2.52. The number of ether oxygens (including phenoxy) is 1. The van der Waals surface area contributed by atoms with Gasteiger partial charge in [-0.2, -0.15) is 4.80 Å². The molecule has 1 amide bonds. The van der Waals surface area contributed by atoms with E-state index < -0.39 is 24.3 Å². The summed E-state index contributed by atoms with van der Waals surface area (Å²) in [6.07, 6.45) is 0. The van der Waals surface area contributed by atoms with Crippen LogP contribution in [0.3, 0.4) is 0 Å². The molecule has 3 aromatic rings. The second kappa shape index (κ2) is 7.62. The van der Waals surface area contributed by atoms with Gasteiger partial charge in [0.25, 0.3) is 5.91 Å². The molecule has 0 bridgehead atoms. The number of carbonyl (C=O) groups is 2. The molecule has 25 heavy (non-hydrogen) atoms. The van der Waals surface area contributed by atoms with Gasteiger partial charge in [-0.25, -0.2) is 9.18 Å². The normalized spacial score (nSPS) is 10.4. The van der Waals surface area contributed by atoms with Crippen molar-refractivity contribution in [3.05, 3.63) is 47.6 Å². The summed E-state index contributed by atoms with van der Waals surface area (Å²) in [4.78, 5) is 25.3. The van der Waals surface area contributed by atoms with Crippen LogP contribution in [0.4, 0.5) is 10.1 Å². The number of benzene rings is 1. The van der Waals surface area contributed by atoms with Gasteiger partial charge in [0.05, 0.1) is 10.6 Å². The number of hydrogen-bond acceptors (Lipinski definition) is 7. The van der Waals surface area contributed by atoms with Crippen molar-refractivity contribution in [2.75, 3.05) is 11.9 Å². The van der Waals surface area contributed by atoms with E-state index in [2.05, 4.69) is 20.7 Å². The largest absolute Gasteiger partial charge is 0.454 e. The second-order valence-electron chi connectivity index (χ2n) is 4.81. The SMILES string of the molecule is O=C(COC(=O)Cn1nnc(-c2cccs2)n1)Nc1ccccc1F. The predicted octanol–water partition coefficient (Wildman–Crippen LogP) is 1.72. The molecular formula is C15H12FN5O3S. The first-order valence-electron chi connectivity index (χ1n) is 7.13. The number of halogens is 1. The van der Waals surface area contributed by atoms with Gasteiger partial charge in [0.1, 0.15) is 5.82 Å². The highest BCUT2D eigenvalue weighted by molar-refractivity contribution is 7.13. The fourth-order valence-electron chi connectivity index (χ4n) is 1.87. The van der Waals surface area contributed by atoms with Gasteiger partial charge < -0.3 is 10.1 Å². The van der Waals surface area contributed by atoms with E-state index in [9.17, 15) is 14.0 Å². The Labute approximate surface area is 145 Å². The molecule has 0 fully saturated rings. The van der Waals surface area contributed by atoms with Crippen molar-refractivity contribution >= 4 is 28.9 Å². The Bertz CT molecular complexity index is 881. The van der Waals surface area contributed by atoms with Crippen molar-refractivity contribution in [3.8, 4) is 10.7 Å². The molecule has 0 atom stereocenters. The molecule has 0 aliphatic rings. The van der Waals surface area contributed by atoms with Crippen molar-refractivity contribution in [2.45, 2.75) is 6.54 Å². The lowest BCUT2D eigenvalue weighted by Crippen LogP contribution is -2.24. The maximum absolute atomic E-state index is 13.4. The highest BCUT2D eigenvalue weighted by Crippen LogP contribution is 2.19. The van der Waals surface area contributed by atoms with E-state index in [0.29, 0.717) is 5.82 Å². The summed E-state index contributed by atoms with van der Waals surface area (Å²) < 4.78 is 18.2. The van der Waals surface area contributed by atoms with Crippen LogP contribution in [0, 0.1) is 5.82 Å². The molecule has 0 radical (unpaired) electrons. The zero-order valence-corrected chi connectivity index (χ0v) is 13.6. The molecule has 10 heteroatoms. The highest BCUT2D eigenvalue weighted by Gasteiger charge is 2.13. The van der Waals surface area contributed by atoms with E-state index >= 15 is 0 Å². The Balaban J connectivity index is 1.48. The number of nitrogens with one attached hydrogen (secondary N) is 1. The number of nitrogens with zero attached hydrogens (tertiary/aromatic N) is 4. The van der Waals surface area contributed by atoms with Crippen LogP contribution < -0.4 is 5.32 Å². The maximum Gasteiger partial charge on any atom is 0.330 e. The molecule has 0 aliphatic carbocycles. The second-order valence-corrected chi connectivity index (χ2v) is 5.76. The number of tetrazole rings is 1. The summed E-state index contributed by atoms with van der Waals surface area (Å²) in [6, 6.07) is 9.37. The van der Waals surface area contributed by atoms with Crippen molar-refractivity contribution < 1.29 is 18.7 Å². The average molecular weight is 361 g/mol. The van der Waals surface area contributed by atoms with Gasteiger partial charge in [-0.05, 0) is 28.8 Å². The van der Waals surface area contributed by atoms with Crippen molar-refractivity contribution in [2.24, 2.45) is 0 Å². The van der Waals surface area contributed by atoms with E-state index in [1.165, 1.54) is 29.5 Å². The van der Waals surface area contributed by atoms with Gasteiger partial charge in [0.15, 0.2) is 13.2 Å². The zero-order chi connectivity index (χ0) is 17.6. The van der Waals surface area contributed by atoms with E-state index in [-0.39, 0.29) is 12.2 Å². The van der Waals surface area contributed by atoms with Crippen molar-refractivity contribution in [1.82, 2.24) is 20.2 Å². The number of aromatic nitrogens is 4. The quantitative estimate of drug-likeness (QED) is 0.671. The number of carbonyl (C=O) groups excluding carboxylic acids is 2. The third-order valence-corrected chi connectivity index (χ3v) is 3.84. The molecule has 2 aromatic heterocycles. The summed E-state index contributed by atoms with van der Waals surface area (Å²) in [5.74, 6) is -1.53. The minimum atomic E-state index is -0.709. The van der Waals surface area contributed by atoms with E-state index in [0.717, 1.165) is 9.67 Å². The van der Waals surface area contributed by atoms with Gasteiger partial charge in [-0.1, -0.05) is 18.2 Å². The van der Waals surface area contributed by atoms with Gasteiger partial charge in [0.2, 0.25) is 5.82 Å². The first-order chi connectivity index (χ1) is 12.1. The van der Waals surface area contributed by atoms with Crippen LogP contribution in [0.25, 0.3) is 10.7 Å². The first kappa shape index (κ1) is 16.7. The molecule has 1 N–H and O–H groups in total. The lowest BCUT2D eigenvalue weighted by atomic mass is 10.3. The summed E-state index contributed by atoms with van der Waals surface area (Å²) in [5.41, 5.74) is 0.0158. The molecule has 0 aliphatic heterocycles. The van der Waals surface area contributed by atoms with Gasteiger partial charge in [0, 0.05) is 0 Å². The minimum absolute atomic E-state index is 0.0158. The number of hydrogen-bond donors (Lipinski definition) is 1. The average Bonchev–Trinajstić information content (AvgIpc) is 3.26. The number of thiophene rings is 1. The monoisotopic (exact) mass is 361 g/mol. The van der Waals surface area contributed by atoms with E-state index in [4.69, 9.17) is 4.74 Å². The number of amides is 1. The molecule has 2 heterocycles. The van der Waals surface area contributed by atoms with Crippen LogP contribution in [0.1, 0.15) is 0 Å². The van der Waals surface area contributed by atoms with Crippen LogP contribution in [0.15, 0.2) is 41.8 Å². The van der Waals surface area contributed by atoms with Crippen LogP contribution >= 0.6 is 11.3 Å². The molecular weight excluding hydrogens is 349 g/mol. The molecule has 1 aromatic carbocycles. The van der Waals surface area contributed by atoms with Gasteiger partial charge >= 0.3 is 5.97 Å². The molecule has 0 saturated heterocycles. The Morgan fingerprint density at radius 2 is 2.08 bits per heavy atom. The summed E-state index contributed by atoms with van der Waals surface area (Å²) in [7, 11) is 0. The minimum Gasteiger partial charge on any atom is -0.454 e.